The van der Waals surface area contributed by atoms with Gasteiger partial charge in [-0.25, -0.2) is 13.1 Å². The molecule has 1 N–H and O–H groups in total. The molecule has 0 spiro atoms. The Labute approximate surface area is 198 Å². The maximum atomic E-state index is 12.9. The third-order valence-corrected chi connectivity index (χ3v) is 7.42. The predicted octanol–water partition coefficient (Wildman–Crippen LogP) is -1.63. The number of ether oxygens (including phenoxy) is 2. The number of sulfonamides is 1. The second kappa shape index (κ2) is 10.8. The zero-order chi connectivity index (χ0) is 25.9. The Bertz CT molecular complexity index is 1260. The molecule has 0 aliphatic carbocycles. The van der Waals surface area contributed by atoms with Crippen LogP contribution in [0, 0.1) is 0 Å². The van der Waals surface area contributed by atoms with Crippen LogP contribution in [0.3, 0.4) is 0 Å². The van der Waals surface area contributed by atoms with Crippen molar-refractivity contribution in [1.29, 1.82) is 0 Å². The molecule has 1 fully saturated rings. The number of hydrogen-bond acceptors (Lipinski definition) is 13. The van der Waals surface area contributed by atoms with Crippen molar-refractivity contribution in [1.82, 2.24) is 4.72 Å². The van der Waals surface area contributed by atoms with Crippen molar-refractivity contribution in [2.24, 2.45) is 0 Å². The Morgan fingerprint density at radius 2 is 1.35 bits per heavy atom. The summed E-state index contributed by atoms with van der Waals surface area (Å²) in [5.41, 5.74) is 0. The number of methoxy groups -OCH3 is 1. The molecule has 14 nitrogen and oxygen atoms in total. The molecule has 1 aromatic rings. The standard InChI is InChI=1S/C16H25NO13S4/c1-26-16-13(17-34(24,25)11-8-6-5-7-9-11)15(30-33(4,22)23)14(29-32(3,20)21)12(28-16)10-27-31(2,18)19/h5-9,12-17H,10H2,1-4H3/t12-,13-,14-,15+,16-/m1/s1. The Morgan fingerprint density at radius 1 is 0.824 bits per heavy atom. The molecule has 0 radical (unpaired) electrons. The summed E-state index contributed by atoms with van der Waals surface area (Å²) in [7, 11) is -15.9. The Morgan fingerprint density at radius 3 is 1.82 bits per heavy atom. The van der Waals surface area contributed by atoms with E-state index in [9.17, 15) is 33.7 Å². The average molecular weight is 568 g/mol. The second-order valence-electron chi connectivity index (χ2n) is 7.26. The first-order valence-corrected chi connectivity index (χ1v) is 16.2. The van der Waals surface area contributed by atoms with E-state index in [1.54, 1.807) is 6.07 Å². The molecular formula is C16H25NO13S4. The van der Waals surface area contributed by atoms with Gasteiger partial charge in [-0.15, -0.1) is 0 Å². The van der Waals surface area contributed by atoms with E-state index in [4.69, 9.17) is 17.8 Å². The highest BCUT2D eigenvalue weighted by Crippen LogP contribution is 2.30. The third-order valence-electron chi connectivity index (χ3n) is 4.24. The topological polar surface area (TPSA) is 195 Å². The molecule has 1 aliphatic rings. The molecule has 5 atom stereocenters. The van der Waals surface area contributed by atoms with Crippen LogP contribution in [0.1, 0.15) is 0 Å². The zero-order valence-corrected chi connectivity index (χ0v) is 21.7. The fraction of sp³-hybridized carbons (Fsp3) is 0.625. The average Bonchev–Trinajstić information content (AvgIpc) is 2.67. The van der Waals surface area contributed by atoms with Gasteiger partial charge in [0.05, 0.1) is 30.3 Å². The van der Waals surface area contributed by atoms with Crippen LogP contribution in [0.25, 0.3) is 0 Å². The lowest BCUT2D eigenvalue weighted by Crippen LogP contribution is -2.66. The zero-order valence-electron chi connectivity index (χ0n) is 18.4. The lowest BCUT2D eigenvalue weighted by Gasteiger charge is -2.44. The summed E-state index contributed by atoms with van der Waals surface area (Å²) >= 11 is 0. The summed E-state index contributed by atoms with van der Waals surface area (Å²) in [6.07, 6.45) is -4.87. The Kier molecular flexibility index (Phi) is 9.22. The molecular weight excluding hydrogens is 542 g/mol. The molecule has 18 heteroatoms. The summed E-state index contributed by atoms with van der Waals surface area (Å²) in [6.45, 7) is -0.819. The van der Waals surface area contributed by atoms with Gasteiger partial charge in [-0.3, -0.25) is 12.5 Å². The number of hydrogen-bond donors (Lipinski definition) is 1. The molecule has 0 amide bonds. The fourth-order valence-electron chi connectivity index (χ4n) is 3.04. The summed E-state index contributed by atoms with van der Waals surface area (Å²) in [5.74, 6) is 0. The summed E-state index contributed by atoms with van der Waals surface area (Å²) < 4.78 is 124. The van der Waals surface area contributed by atoms with Crippen molar-refractivity contribution in [3.05, 3.63) is 30.3 Å². The highest BCUT2D eigenvalue weighted by atomic mass is 32.2. The van der Waals surface area contributed by atoms with Gasteiger partial charge in [0.15, 0.2) is 6.29 Å². The van der Waals surface area contributed by atoms with Crippen LogP contribution in [0.2, 0.25) is 0 Å². The lowest BCUT2D eigenvalue weighted by atomic mass is 9.98. The van der Waals surface area contributed by atoms with Crippen LogP contribution in [-0.4, -0.2) is 96.8 Å². The van der Waals surface area contributed by atoms with E-state index < -0.39 is 77.6 Å². The van der Waals surface area contributed by atoms with E-state index in [1.807, 2.05) is 0 Å². The quantitative estimate of drug-likeness (QED) is 0.300. The van der Waals surface area contributed by atoms with Gasteiger partial charge in [0, 0.05) is 7.11 Å². The third kappa shape index (κ3) is 8.77. The van der Waals surface area contributed by atoms with Crippen LogP contribution in [0.5, 0.6) is 0 Å². The Hall–Kier alpha value is -1.22. The number of nitrogens with one attached hydrogen (secondary N) is 1. The van der Waals surface area contributed by atoms with Crippen molar-refractivity contribution in [2.45, 2.75) is 35.5 Å². The van der Waals surface area contributed by atoms with Crippen molar-refractivity contribution in [3.8, 4) is 0 Å². The molecule has 1 aliphatic heterocycles. The minimum atomic E-state index is -4.34. The summed E-state index contributed by atoms with van der Waals surface area (Å²) in [5, 5.41) is 0. The van der Waals surface area contributed by atoms with Crippen LogP contribution >= 0.6 is 0 Å². The van der Waals surface area contributed by atoms with Crippen molar-refractivity contribution in [3.63, 3.8) is 0 Å². The smallest absolute Gasteiger partial charge is 0.264 e. The molecule has 1 heterocycles. The van der Waals surface area contributed by atoms with E-state index in [2.05, 4.69) is 8.91 Å². The van der Waals surface area contributed by atoms with E-state index in [-0.39, 0.29) is 4.90 Å². The van der Waals surface area contributed by atoms with Gasteiger partial charge in [0.1, 0.15) is 24.4 Å². The Balaban J connectivity index is 2.57. The van der Waals surface area contributed by atoms with Crippen molar-refractivity contribution < 1.29 is 55.7 Å². The van der Waals surface area contributed by atoms with E-state index >= 15 is 0 Å². The van der Waals surface area contributed by atoms with Crippen LogP contribution in [-0.2, 0) is 62.4 Å². The lowest BCUT2D eigenvalue weighted by molar-refractivity contribution is -0.248. The summed E-state index contributed by atoms with van der Waals surface area (Å²) in [6, 6.07) is 5.31. The van der Waals surface area contributed by atoms with Crippen LogP contribution < -0.4 is 4.72 Å². The molecule has 34 heavy (non-hydrogen) atoms. The molecule has 0 bridgehead atoms. The molecule has 0 aromatic heterocycles. The van der Waals surface area contributed by atoms with Gasteiger partial charge >= 0.3 is 0 Å². The molecule has 196 valence electrons. The van der Waals surface area contributed by atoms with E-state index in [0.29, 0.717) is 12.5 Å². The second-order valence-corrected chi connectivity index (χ2v) is 13.8. The fourth-order valence-corrected chi connectivity index (χ4v) is 5.94. The van der Waals surface area contributed by atoms with Crippen LogP contribution in [0.4, 0.5) is 0 Å². The number of rotatable bonds is 11. The van der Waals surface area contributed by atoms with Gasteiger partial charge < -0.3 is 9.47 Å². The monoisotopic (exact) mass is 567 g/mol. The number of benzene rings is 1. The van der Waals surface area contributed by atoms with Crippen molar-refractivity contribution >= 4 is 40.4 Å². The molecule has 1 aromatic carbocycles. The van der Waals surface area contributed by atoms with Gasteiger partial charge in [0.25, 0.3) is 30.4 Å². The SMILES string of the molecule is CO[C@@H]1O[C@H](COS(C)(=O)=O)[C@@H](OS(C)(=O)=O)[C@@H](OS(C)(=O)=O)[C@H]1NS(=O)(=O)c1ccccc1. The minimum Gasteiger partial charge on any atom is -0.354 e. The van der Waals surface area contributed by atoms with E-state index in [1.165, 1.54) is 24.3 Å². The highest BCUT2D eigenvalue weighted by Gasteiger charge is 2.52. The van der Waals surface area contributed by atoms with Crippen LogP contribution in [0.15, 0.2) is 35.2 Å². The highest BCUT2D eigenvalue weighted by molar-refractivity contribution is 7.89. The first-order chi connectivity index (χ1) is 15.4. The maximum Gasteiger partial charge on any atom is 0.264 e. The van der Waals surface area contributed by atoms with Gasteiger partial charge in [-0.2, -0.15) is 25.3 Å². The van der Waals surface area contributed by atoms with Gasteiger partial charge in [-0.05, 0) is 12.1 Å². The van der Waals surface area contributed by atoms with E-state index in [0.717, 1.165) is 13.4 Å². The predicted molar refractivity (Wildman–Crippen MR) is 116 cm³/mol. The van der Waals surface area contributed by atoms with Gasteiger partial charge in [0.2, 0.25) is 10.0 Å². The molecule has 0 unspecified atom stereocenters. The molecule has 0 saturated carbocycles. The normalized spacial score (nSPS) is 26.9. The maximum absolute atomic E-state index is 12.9. The first-order valence-electron chi connectivity index (χ1n) is 9.28. The largest absolute Gasteiger partial charge is 0.354 e. The molecule has 2 rings (SSSR count). The first kappa shape index (κ1) is 29.0. The van der Waals surface area contributed by atoms with Gasteiger partial charge in [-0.1, -0.05) is 18.2 Å². The minimum absolute atomic E-state index is 0.203. The summed E-state index contributed by atoms with van der Waals surface area (Å²) in [4.78, 5) is -0.203. The van der Waals surface area contributed by atoms with Crippen molar-refractivity contribution in [2.75, 3.05) is 32.5 Å². The molecule has 1 saturated heterocycles.